The lowest BCUT2D eigenvalue weighted by atomic mass is 9.97. The number of amides is 1. The van der Waals surface area contributed by atoms with Crippen LogP contribution in [0.2, 0.25) is 0 Å². The number of hydrogen-bond donors (Lipinski definition) is 0. The standard InChI is InChI=1S/C17H18N4O2S/c1-12-15(24-11-20-12)17(22)21-7-4-13(5-8-21)10-23-16-14(9-18)3-2-6-19-16/h2-3,6,11,13H,4-5,7-8,10H2,1H3. The highest BCUT2D eigenvalue weighted by molar-refractivity contribution is 7.11. The van der Waals surface area contributed by atoms with Gasteiger partial charge in [-0.15, -0.1) is 11.3 Å². The van der Waals surface area contributed by atoms with Gasteiger partial charge in [-0.1, -0.05) is 0 Å². The van der Waals surface area contributed by atoms with E-state index in [0.717, 1.165) is 36.5 Å². The Labute approximate surface area is 144 Å². The Balaban J connectivity index is 1.52. The summed E-state index contributed by atoms with van der Waals surface area (Å²) >= 11 is 1.40. The third-order valence-corrected chi connectivity index (χ3v) is 5.11. The largest absolute Gasteiger partial charge is 0.476 e. The Morgan fingerprint density at radius 2 is 2.25 bits per heavy atom. The first kappa shape index (κ1) is 16.4. The van der Waals surface area contributed by atoms with Gasteiger partial charge >= 0.3 is 0 Å². The summed E-state index contributed by atoms with van der Waals surface area (Å²) in [6, 6.07) is 5.50. The van der Waals surface area contributed by atoms with Gasteiger partial charge in [-0.2, -0.15) is 5.26 Å². The molecule has 0 radical (unpaired) electrons. The summed E-state index contributed by atoms with van der Waals surface area (Å²) in [7, 11) is 0. The van der Waals surface area contributed by atoms with E-state index in [4.69, 9.17) is 10.00 Å². The fourth-order valence-corrected chi connectivity index (χ4v) is 3.51. The van der Waals surface area contributed by atoms with Gasteiger partial charge in [0.05, 0.1) is 17.8 Å². The Bertz CT molecular complexity index is 760. The number of aromatic nitrogens is 2. The van der Waals surface area contributed by atoms with E-state index in [9.17, 15) is 4.79 Å². The third kappa shape index (κ3) is 3.54. The molecule has 2 aromatic heterocycles. The van der Waals surface area contributed by atoms with Gasteiger partial charge in [0.1, 0.15) is 16.5 Å². The summed E-state index contributed by atoms with van der Waals surface area (Å²) in [4.78, 5) is 23.3. The van der Waals surface area contributed by atoms with Crippen molar-refractivity contribution in [2.24, 2.45) is 5.92 Å². The number of aryl methyl sites for hydroxylation is 1. The van der Waals surface area contributed by atoms with E-state index in [2.05, 4.69) is 16.0 Å². The van der Waals surface area contributed by atoms with E-state index in [1.54, 1.807) is 23.8 Å². The van der Waals surface area contributed by atoms with Gasteiger partial charge in [-0.05, 0) is 37.8 Å². The molecule has 0 N–H and O–H groups in total. The molecule has 0 atom stereocenters. The predicted molar refractivity (Wildman–Crippen MR) is 89.9 cm³/mol. The molecule has 124 valence electrons. The number of pyridine rings is 1. The lowest BCUT2D eigenvalue weighted by Crippen LogP contribution is -2.39. The zero-order valence-electron chi connectivity index (χ0n) is 13.4. The first-order chi connectivity index (χ1) is 11.7. The summed E-state index contributed by atoms with van der Waals surface area (Å²) in [5, 5.41) is 9.05. The van der Waals surface area contributed by atoms with Gasteiger partial charge in [0.2, 0.25) is 5.88 Å². The Hall–Kier alpha value is -2.46. The average molecular weight is 342 g/mol. The highest BCUT2D eigenvalue weighted by Gasteiger charge is 2.26. The molecule has 1 aliphatic rings. The van der Waals surface area contributed by atoms with Gasteiger partial charge in [0, 0.05) is 19.3 Å². The summed E-state index contributed by atoms with van der Waals surface area (Å²) in [5.74, 6) is 0.829. The second-order valence-electron chi connectivity index (χ2n) is 5.78. The van der Waals surface area contributed by atoms with Crippen LogP contribution in [0.1, 0.15) is 33.8 Å². The second-order valence-corrected chi connectivity index (χ2v) is 6.64. The SMILES string of the molecule is Cc1ncsc1C(=O)N1CCC(COc2ncccc2C#N)CC1. The van der Waals surface area contributed by atoms with Crippen LogP contribution in [0.25, 0.3) is 0 Å². The molecule has 1 fully saturated rings. The molecule has 2 aromatic rings. The summed E-state index contributed by atoms with van der Waals surface area (Å²) < 4.78 is 5.71. The molecule has 0 aliphatic carbocycles. The molecule has 7 heteroatoms. The van der Waals surface area contributed by atoms with E-state index in [0.29, 0.717) is 24.0 Å². The summed E-state index contributed by atoms with van der Waals surface area (Å²) in [5.41, 5.74) is 2.96. The van der Waals surface area contributed by atoms with Crippen LogP contribution < -0.4 is 4.74 Å². The Morgan fingerprint density at radius 3 is 2.92 bits per heavy atom. The minimum Gasteiger partial charge on any atom is -0.476 e. The monoisotopic (exact) mass is 342 g/mol. The quantitative estimate of drug-likeness (QED) is 0.853. The minimum atomic E-state index is 0.0749. The molecule has 1 aliphatic heterocycles. The van der Waals surface area contributed by atoms with Crippen molar-refractivity contribution >= 4 is 17.2 Å². The number of thiazole rings is 1. The number of likely N-dealkylation sites (tertiary alicyclic amines) is 1. The van der Waals surface area contributed by atoms with Crippen LogP contribution in [-0.2, 0) is 0 Å². The van der Waals surface area contributed by atoms with Gasteiger partial charge in [-0.25, -0.2) is 9.97 Å². The number of nitrogens with zero attached hydrogens (tertiary/aromatic N) is 4. The fourth-order valence-electron chi connectivity index (χ4n) is 2.74. The maximum atomic E-state index is 12.5. The molecule has 24 heavy (non-hydrogen) atoms. The molecule has 1 amide bonds. The number of ether oxygens (including phenoxy) is 1. The van der Waals surface area contributed by atoms with Crippen LogP contribution in [0.5, 0.6) is 5.88 Å². The van der Waals surface area contributed by atoms with Crippen molar-refractivity contribution < 1.29 is 9.53 Å². The maximum absolute atomic E-state index is 12.5. The highest BCUT2D eigenvalue weighted by Crippen LogP contribution is 2.23. The van der Waals surface area contributed by atoms with Crippen LogP contribution in [0.15, 0.2) is 23.8 Å². The molecule has 3 heterocycles. The predicted octanol–water partition coefficient (Wildman–Crippen LogP) is 2.65. The Morgan fingerprint density at radius 1 is 1.46 bits per heavy atom. The zero-order chi connectivity index (χ0) is 16.9. The van der Waals surface area contributed by atoms with Crippen molar-refractivity contribution in [3.05, 3.63) is 40.0 Å². The van der Waals surface area contributed by atoms with E-state index < -0.39 is 0 Å². The van der Waals surface area contributed by atoms with Gasteiger partial charge in [0.25, 0.3) is 5.91 Å². The van der Waals surface area contributed by atoms with Crippen LogP contribution in [0.3, 0.4) is 0 Å². The number of hydrogen-bond acceptors (Lipinski definition) is 6. The van der Waals surface area contributed by atoms with Crippen LogP contribution in [-0.4, -0.2) is 40.5 Å². The van der Waals surface area contributed by atoms with Gasteiger partial charge < -0.3 is 9.64 Å². The normalized spacial score (nSPS) is 15.1. The average Bonchev–Trinajstić information content (AvgIpc) is 3.06. The van der Waals surface area contributed by atoms with Crippen molar-refractivity contribution in [1.82, 2.24) is 14.9 Å². The number of rotatable bonds is 4. The molecular weight excluding hydrogens is 324 g/mol. The van der Waals surface area contributed by atoms with Crippen molar-refractivity contribution in [3.8, 4) is 11.9 Å². The topological polar surface area (TPSA) is 79.1 Å². The van der Waals surface area contributed by atoms with Crippen molar-refractivity contribution in [1.29, 1.82) is 5.26 Å². The molecule has 0 saturated carbocycles. The molecular formula is C17H18N4O2S. The molecule has 0 unspecified atom stereocenters. The number of carbonyl (C=O) groups is 1. The van der Waals surface area contributed by atoms with Crippen LogP contribution in [0, 0.1) is 24.2 Å². The molecule has 0 bridgehead atoms. The first-order valence-corrected chi connectivity index (χ1v) is 8.74. The lowest BCUT2D eigenvalue weighted by Gasteiger charge is -2.31. The minimum absolute atomic E-state index is 0.0749. The van der Waals surface area contributed by atoms with Crippen LogP contribution in [0.4, 0.5) is 0 Å². The molecule has 1 saturated heterocycles. The van der Waals surface area contributed by atoms with Crippen molar-refractivity contribution in [3.63, 3.8) is 0 Å². The second kappa shape index (κ2) is 7.41. The number of piperidine rings is 1. The Kier molecular flexibility index (Phi) is 5.06. The molecule has 0 spiro atoms. The van der Waals surface area contributed by atoms with E-state index in [1.165, 1.54) is 11.3 Å². The third-order valence-electron chi connectivity index (χ3n) is 4.19. The van der Waals surface area contributed by atoms with Gasteiger partial charge in [-0.3, -0.25) is 4.79 Å². The fraction of sp³-hybridized carbons (Fsp3) is 0.412. The van der Waals surface area contributed by atoms with E-state index >= 15 is 0 Å². The molecule has 6 nitrogen and oxygen atoms in total. The molecule has 0 aromatic carbocycles. The van der Waals surface area contributed by atoms with E-state index in [-0.39, 0.29) is 5.91 Å². The van der Waals surface area contributed by atoms with Crippen molar-refractivity contribution in [2.45, 2.75) is 19.8 Å². The summed E-state index contributed by atoms with van der Waals surface area (Å²) in [6.45, 7) is 3.83. The van der Waals surface area contributed by atoms with Crippen LogP contribution >= 0.6 is 11.3 Å². The number of nitriles is 1. The highest BCUT2D eigenvalue weighted by atomic mass is 32.1. The maximum Gasteiger partial charge on any atom is 0.265 e. The zero-order valence-corrected chi connectivity index (χ0v) is 14.3. The molecule has 3 rings (SSSR count). The van der Waals surface area contributed by atoms with Gasteiger partial charge in [0.15, 0.2) is 0 Å². The smallest absolute Gasteiger partial charge is 0.265 e. The summed E-state index contributed by atoms with van der Waals surface area (Å²) in [6.07, 6.45) is 3.39. The number of carbonyl (C=O) groups excluding carboxylic acids is 1. The van der Waals surface area contributed by atoms with Crippen molar-refractivity contribution in [2.75, 3.05) is 19.7 Å². The van der Waals surface area contributed by atoms with E-state index in [1.807, 2.05) is 11.8 Å². The lowest BCUT2D eigenvalue weighted by molar-refractivity contribution is 0.0663. The first-order valence-electron chi connectivity index (χ1n) is 7.86.